The molecule has 0 aromatic rings. The van der Waals surface area contributed by atoms with Crippen LogP contribution >= 0.6 is 23.5 Å². The van der Waals surface area contributed by atoms with Crippen LogP contribution in [0.5, 0.6) is 0 Å². The van der Waals surface area contributed by atoms with Crippen LogP contribution in [0.2, 0.25) is 98.2 Å². The molecule has 0 spiro atoms. The minimum Gasteiger partial charge on any atom is -0.415 e. The van der Waals surface area contributed by atoms with E-state index >= 15 is 0 Å². The average Bonchev–Trinajstić information content (AvgIpc) is 2.62. The highest BCUT2D eigenvalue weighted by Crippen LogP contribution is 2.37. The largest absolute Gasteiger partial charge is 0.415 e. The van der Waals surface area contributed by atoms with Gasteiger partial charge in [-0.25, -0.2) is 0 Å². The van der Waals surface area contributed by atoms with Gasteiger partial charge < -0.3 is 22.1 Å². The third kappa shape index (κ3) is 19.4. The topological polar surface area (TPSA) is 46.2 Å². The quantitative estimate of drug-likeness (QED) is 0.103. The number of hydrogen-bond donors (Lipinski definition) is 0. The molecule has 0 N–H and O–H groups in total. The SMILES string of the molecule is CCSC(SCC)[C@@H](O[Si](C)(C)C)[C@H](O[Si](C)(C)C)[C@H](O[Si](C)(C)C)[C@H](CO[Si](C)(C)C)O[Si](C)(C)C. The number of hydrogen-bond acceptors (Lipinski definition) is 7. The summed E-state index contributed by atoms with van der Waals surface area (Å²) < 4.78 is 35.1. The lowest BCUT2D eigenvalue weighted by atomic mass is 10.0. The van der Waals surface area contributed by atoms with Crippen LogP contribution in [-0.4, -0.2) is 88.7 Å². The van der Waals surface area contributed by atoms with E-state index in [9.17, 15) is 0 Å². The first-order valence-electron chi connectivity index (χ1n) is 14.0. The van der Waals surface area contributed by atoms with Crippen LogP contribution in [-0.2, 0) is 22.1 Å². The summed E-state index contributed by atoms with van der Waals surface area (Å²) in [5.41, 5.74) is 0. The van der Waals surface area contributed by atoms with Gasteiger partial charge in [0.05, 0.1) is 35.6 Å². The number of thioether (sulfide) groups is 2. The van der Waals surface area contributed by atoms with Crippen molar-refractivity contribution in [1.82, 2.24) is 0 Å². The molecule has 0 fully saturated rings. The van der Waals surface area contributed by atoms with Crippen LogP contribution in [0.3, 0.4) is 0 Å². The Hall–Kier alpha value is 1.58. The van der Waals surface area contributed by atoms with Crippen LogP contribution < -0.4 is 0 Å². The third-order valence-electron chi connectivity index (χ3n) is 4.60. The Morgan fingerprint density at radius 2 is 0.811 bits per heavy atom. The van der Waals surface area contributed by atoms with Crippen molar-refractivity contribution in [3.8, 4) is 0 Å². The van der Waals surface area contributed by atoms with Gasteiger partial charge in [-0.15, -0.1) is 23.5 Å². The number of rotatable bonds is 19. The average molecular weight is 647 g/mol. The summed E-state index contributed by atoms with van der Waals surface area (Å²) >= 11 is 3.95. The van der Waals surface area contributed by atoms with Crippen molar-refractivity contribution < 1.29 is 22.1 Å². The Labute approximate surface area is 245 Å². The third-order valence-corrected chi connectivity index (χ3v) is 12.3. The lowest BCUT2D eigenvalue weighted by Crippen LogP contribution is -2.61. The van der Waals surface area contributed by atoms with Gasteiger partial charge in [0.15, 0.2) is 41.6 Å². The molecule has 0 rings (SSSR count). The van der Waals surface area contributed by atoms with Gasteiger partial charge in [0.2, 0.25) is 0 Å². The van der Waals surface area contributed by atoms with Crippen LogP contribution in [0.1, 0.15) is 13.8 Å². The molecule has 0 saturated carbocycles. The van der Waals surface area contributed by atoms with E-state index in [1.54, 1.807) is 0 Å². The second-order valence-electron chi connectivity index (χ2n) is 14.6. The normalized spacial score (nSPS) is 17.7. The molecule has 0 aliphatic carbocycles. The first kappa shape index (κ1) is 38.6. The van der Waals surface area contributed by atoms with E-state index in [0.717, 1.165) is 11.5 Å². The van der Waals surface area contributed by atoms with Gasteiger partial charge in [0.25, 0.3) is 0 Å². The van der Waals surface area contributed by atoms with E-state index in [1.807, 2.05) is 23.5 Å². The minimum absolute atomic E-state index is 0.0886. The lowest BCUT2D eigenvalue weighted by Gasteiger charge is -2.47. The van der Waals surface area contributed by atoms with Gasteiger partial charge in [-0.3, -0.25) is 0 Å². The fourth-order valence-electron chi connectivity index (χ4n) is 3.73. The summed E-state index contributed by atoms with van der Waals surface area (Å²) in [5, 5.41) is 0. The highest BCUT2D eigenvalue weighted by molar-refractivity contribution is 8.17. The highest BCUT2D eigenvalue weighted by Gasteiger charge is 2.47. The first-order valence-corrected chi connectivity index (χ1v) is 33.1. The fraction of sp³-hybridized carbons (Fsp3) is 1.00. The summed E-state index contributed by atoms with van der Waals surface area (Å²) in [6.07, 6.45) is -0.757. The molecule has 0 radical (unpaired) electrons. The Morgan fingerprint density at radius 3 is 1.14 bits per heavy atom. The van der Waals surface area contributed by atoms with Gasteiger partial charge in [0.1, 0.15) is 0 Å². The fourth-order valence-corrected chi connectivity index (χ4v) is 11.6. The van der Waals surface area contributed by atoms with Crippen LogP contribution in [0.4, 0.5) is 0 Å². The molecular weight excluding hydrogens is 585 g/mol. The van der Waals surface area contributed by atoms with Gasteiger partial charge in [-0.1, -0.05) is 13.8 Å². The molecular formula is C25H62O5S2Si5. The predicted molar refractivity (Wildman–Crippen MR) is 182 cm³/mol. The molecule has 12 heteroatoms. The van der Waals surface area contributed by atoms with Crippen molar-refractivity contribution in [2.45, 2.75) is 141 Å². The molecule has 4 atom stereocenters. The molecule has 37 heavy (non-hydrogen) atoms. The monoisotopic (exact) mass is 646 g/mol. The second kappa shape index (κ2) is 15.7. The molecule has 0 unspecified atom stereocenters. The van der Waals surface area contributed by atoms with E-state index in [1.165, 1.54) is 0 Å². The summed E-state index contributed by atoms with van der Waals surface area (Å²) in [7, 11) is -9.54. The smallest absolute Gasteiger partial charge is 0.184 e. The zero-order chi connectivity index (χ0) is 29.5. The van der Waals surface area contributed by atoms with Crippen molar-refractivity contribution in [3.63, 3.8) is 0 Å². The van der Waals surface area contributed by atoms with E-state index in [0.29, 0.717) is 6.61 Å². The van der Waals surface area contributed by atoms with Crippen LogP contribution in [0.15, 0.2) is 0 Å². The summed E-state index contributed by atoms with van der Waals surface area (Å²) in [6.45, 7) is 39.0. The molecule has 0 heterocycles. The van der Waals surface area contributed by atoms with Gasteiger partial charge >= 0.3 is 0 Å². The summed E-state index contributed by atoms with van der Waals surface area (Å²) in [5.74, 6) is 2.08. The van der Waals surface area contributed by atoms with E-state index in [2.05, 4.69) is 112 Å². The van der Waals surface area contributed by atoms with E-state index in [4.69, 9.17) is 22.1 Å². The highest BCUT2D eigenvalue weighted by atomic mass is 32.2. The molecule has 0 aliphatic rings. The molecule has 0 aliphatic heterocycles. The minimum atomic E-state index is -1.98. The lowest BCUT2D eigenvalue weighted by molar-refractivity contribution is -0.0839. The molecule has 0 aromatic heterocycles. The Morgan fingerprint density at radius 1 is 0.459 bits per heavy atom. The Balaban J connectivity index is 7.05. The van der Waals surface area contributed by atoms with E-state index < -0.39 is 41.6 Å². The zero-order valence-electron chi connectivity index (χ0n) is 27.4. The van der Waals surface area contributed by atoms with Gasteiger partial charge in [-0.2, -0.15) is 0 Å². The molecule has 224 valence electrons. The predicted octanol–water partition coefficient (Wildman–Crippen LogP) is 8.55. The van der Waals surface area contributed by atoms with Crippen molar-refractivity contribution in [1.29, 1.82) is 0 Å². The van der Waals surface area contributed by atoms with Crippen molar-refractivity contribution in [3.05, 3.63) is 0 Å². The van der Waals surface area contributed by atoms with Gasteiger partial charge in [0, 0.05) is 0 Å². The maximum Gasteiger partial charge on any atom is 0.184 e. The molecule has 0 aromatic carbocycles. The van der Waals surface area contributed by atoms with Crippen molar-refractivity contribution in [2.24, 2.45) is 0 Å². The molecule has 5 nitrogen and oxygen atoms in total. The Bertz CT molecular complexity index is 634. The summed E-state index contributed by atoms with van der Waals surface area (Å²) in [6, 6.07) is 0. The zero-order valence-corrected chi connectivity index (χ0v) is 34.0. The van der Waals surface area contributed by atoms with Crippen LogP contribution in [0, 0.1) is 0 Å². The first-order chi connectivity index (χ1) is 16.4. The summed E-state index contributed by atoms with van der Waals surface area (Å²) in [4.78, 5) is 0. The van der Waals surface area contributed by atoms with Crippen molar-refractivity contribution in [2.75, 3.05) is 18.1 Å². The molecule has 0 saturated heterocycles. The van der Waals surface area contributed by atoms with Crippen LogP contribution in [0.25, 0.3) is 0 Å². The standard InChI is InChI=1S/C25H62O5S2Si5/c1-18-31-25(32-19-2)24(30-37(15,16)17)23(29-36(12,13)14)22(28-35(9,10)11)21(27-34(6,7)8)20-26-33(3,4)5/h21-25H,18-20H2,1-17H3/t21-,22+,23+,24-/m0/s1. The van der Waals surface area contributed by atoms with Gasteiger partial charge in [-0.05, 0) is 110 Å². The second-order valence-corrected chi connectivity index (χ2v) is 40.0. The maximum atomic E-state index is 7.15. The molecule has 0 amide bonds. The van der Waals surface area contributed by atoms with Crippen molar-refractivity contribution >= 4 is 65.1 Å². The maximum absolute atomic E-state index is 7.15. The van der Waals surface area contributed by atoms with E-state index in [-0.39, 0.29) is 29.0 Å². The Kier molecular flexibility index (Phi) is 16.4. The molecule has 0 bridgehead atoms.